The van der Waals surface area contributed by atoms with Gasteiger partial charge in [-0.3, -0.25) is 4.79 Å². The number of nitrogens with one attached hydrogen (secondary N) is 3. The molecule has 0 aliphatic carbocycles. The van der Waals surface area contributed by atoms with Crippen LogP contribution in [0.2, 0.25) is 5.02 Å². The minimum atomic E-state index is -0.611. The van der Waals surface area contributed by atoms with Crippen LogP contribution in [-0.4, -0.2) is 16.0 Å². The van der Waals surface area contributed by atoms with Gasteiger partial charge in [-0.2, -0.15) is 0 Å². The Morgan fingerprint density at radius 3 is 2.52 bits per heavy atom. The summed E-state index contributed by atoms with van der Waals surface area (Å²) in [6, 6.07) is 18.0. The summed E-state index contributed by atoms with van der Waals surface area (Å²) in [5.74, 6) is -0.198. The van der Waals surface area contributed by atoms with Crippen LogP contribution in [0, 0.1) is 5.82 Å². The molecule has 0 unspecified atom stereocenters. The van der Waals surface area contributed by atoms with E-state index < -0.39 is 11.8 Å². The number of amides is 2. The molecule has 0 bridgehead atoms. The van der Waals surface area contributed by atoms with Crippen molar-refractivity contribution in [2.75, 3.05) is 10.6 Å². The van der Waals surface area contributed by atoms with Crippen LogP contribution in [0.25, 0.3) is 11.0 Å². The molecule has 156 valence electrons. The number of rotatable bonds is 5. The molecular formula is C22H16ClFN4O2S. The number of thioether (sulfide) groups is 1. The summed E-state index contributed by atoms with van der Waals surface area (Å²) >= 11 is 7.10. The van der Waals surface area contributed by atoms with Crippen LogP contribution < -0.4 is 16.2 Å². The van der Waals surface area contributed by atoms with Gasteiger partial charge in [-0.1, -0.05) is 23.7 Å². The van der Waals surface area contributed by atoms with Gasteiger partial charge in [0, 0.05) is 22.0 Å². The third-order valence-electron chi connectivity index (χ3n) is 4.33. The number of halogens is 2. The second kappa shape index (κ2) is 9.20. The summed E-state index contributed by atoms with van der Waals surface area (Å²) in [5, 5.41) is 5.20. The lowest BCUT2D eigenvalue weighted by atomic mass is 10.3. The molecule has 9 heteroatoms. The Morgan fingerprint density at radius 2 is 1.74 bits per heavy atom. The van der Waals surface area contributed by atoms with E-state index in [2.05, 4.69) is 20.6 Å². The number of nitrogens with zero attached hydrogens (tertiary/aromatic N) is 1. The summed E-state index contributed by atoms with van der Waals surface area (Å²) < 4.78 is 13.5. The normalized spacial score (nSPS) is 10.8. The number of aromatic amines is 1. The minimum absolute atomic E-state index is 0.0140. The van der Waals surface area contributed by atoms with E-state index in [-0.39, 0.29) is 10.6 Å². The maximum Gasteiger partial charge on any atom is 0.323 e. The number of H-pyrrole nitrogens is 1. The van der Waals surface area contributed by atoms with E-state index in [1.807, 2.05) is 36.4 Å². The van der Waals surface area contributed by atoms with Crippen molar-refractivity contribution in [1.82, 2.24) is 9.97 Å². The quantitative estimate of drug-likeness (QED) is 0.340. The van der Waals surface area contributed by atoms with E-state index in [1.165, 1.54) is 23.9 Å². The molecule has 0 saturated heterocycles. The molecule has 4 rings (SSSR count). The standard InChI is InChI=1S/C22H16ClFN4O2S/c23-16-10-7-14(11-17(16)24)26-22(30)25-13-5-8-15(9-6-13)31-12-20-21(29)28-19-4-2-1-3-18(19)27-20/h1-11H,12H2,(H,28,29)(H2,25,26,30). The molecule has 3 aromatic carbocycles. The Hall–Kier alpha value is -3.36. The summed E-state index contributed by atoms with van der Waals surface area (Å²) in [6.45, 7) is 0. The van der Waals surface area contributed by atoms with Crippen LogP contribution in [0.15, 0.2) is 76.4 Å². The van der Waals surface area contributed by atoms with Crippen LogP contribution in [-0.2, 0) is 5.75 Å². The van der Waals surface area contributed by atoms with Gasteiger partial charge in [-0.05, 0) is 54.6 Å². The first-order valence-electron chi connectivity index (χ1n) is 9.22. The summed E-state index contributed by atoms with van der Waals surface area (Å²) in [6.07, 6.45) is 0. The number of carbonyl (C=O) groups is 1. The highest BCUT2D eigenvalue weighted by Gasteiger charge is 2.08. The van der Waals surface area contributed by atoms with E-state index in [4.69, 9.17) is 11.6 Å². The number of urea groups is 1. The molecule has 0 radical (unpaired) electrons. The van der Waals surface area contributed by atoms with Crippen LogP contribution in [0.3, 0.4) is 0 Å². The van der Waals surface area contributed by atoms with Crippen LogP contribution in [0.4, 0.5) is 20.6 Å². The second-order valence-electron chi connectivity index (χ2n) is 6.55. The maximum atomic E-state index is 13.5. The van der Waals surface area contributed by atoms with Crippen molar-refractivity contribution in [3.05, 3.63) is 93.6 Å². The molecule has 0 atom stereocenters. The van der Waals surface area contributed by atoms with Crippen molar-refractivity contribution >= 4 is 51.8 Å². The zero-order valence-corrected chi connectivity index (χ0v) is 17.6. The van der Waals surface area contributed by atoms with E-state index in [1.54, 1.807) is 12.1 Å². The number of para-hydroxylation sites is 2. The van der Waals surface area contributed by atoms with E-state index in [0.717, 1.165) is 16.5 Å². The molecule has 0 aliphatic heterocycles. The predicted octanol–water partition coefficient (Wildman–Crippen LogP) is 5.65. The lowest BCUT2D eigenvalue weighted by Gasteiger charge is -2.09. The smallest absolute Gasteiger partial charge is 0.319 e. The number of fused-ring (bicyclic) bond motifs is 1. The Morgan fingerprint density at radius 1 is 1.03 bits per heavy atom. The van der Waals surface area contributed by atoms with Gasteiger partial charge >= 0.3 is 6.03 Å². The zero-order valence-electron chi connectivity index (χ0n) is 16.0. The number of hydrogen-bond donors (Lipinski definition) is 3. The largest absolute Gasteiger partial charge is 0.323 e. The highest BCUT2D eigenvalue weighted by molar-refractivity contribution is 7.98. The highest BCUT2D eigenvalue weighted by Crippen LogP contribution is 2.24. The van der Waals surface area contributed by atoms with Crippen LogP contribution in [0.1, 0.15) is 5.69 Å². The van der Waals surface area contributed by atoms with Gasteiger partial charge in [-0.25, -0.2) is 14.2 Å². The van der Waals surface area contributed by atoms with Crippen molar-refractivity contribution in [3.63, 3.8) is 0 Å². The summed E-state index contributed by atoms with van der Waals surface area (Å²) in [7, 11) is 0. The molecule has 0 aliphatic rings. The Balaban J connectivity index is 1.36. The molecule has 0 spiro atoms. The van der Waals surface area contributed by atoms with Gasteiger partial charge in [0.1, 0.15) is 11.5 Å². The first-order chi connectivity index (χ1) is 15.0. The summed E-state index contributed by atoms with van der Waals surface area (Å²) in [5.41, 5.74) is 2.54. The monoisotopic (exact) mass is 454 g/mol. The van der Waals surface area contributed by atoms with Crippen molar-refractivity contribution in [3.8, 4) is 0 Å². The lowest BCUT2D eigenvalue weighted by Crippen LogP contribution is -2.19. The molecule has 3 N–H and O–H groups in total. The average Bonchev–Trinajstić information content (AvgIpc) is 2.76. The van der Waals surface area contributed by atoms with Gasteiger partial charge in [0.05, 0.1) is 16.1 Å². The SMILES string of the molecule is O=C(Nc1ccc(SCc2nc3ccccc3[nH]c2=O)cc1)Nc1ccc(Cl)c(F)c1. The first-order valence-corrected chi connectivity index (χ1v) is 10.6. The lowest BCUT2D eigenvalue weighted by molar-refractivity contribution is 0.262. The number of hydrogen-bond acceptors (Lipinski definition) is 4. The highest BCUT2D eigenvalue weighted by atomic mass is 35.5. The van der Waals surface area contributed by atoms with Gasteiger partial charge in [0.25, 0.3) is 5.56 Å². The fraction of sp³-hybridized carbons (Fsp3) is 0.0455. The number of carbonyl (C=O) groups excluding carboxylic acids is 1. The molecule has 4 aromatic rings. The van der Waals surface area contributed by atoms with Crippen molar-refractivity contribution < 1.29 is 9.18 Å². The predicted molar refractivity (Wildman–Crippen MR) is 122 cm³/mol. The van der Waals surface area contributed by atoms with Crippen molar-refractivity contribution in [2.45, 2.75) is 10.6 Å². The molecule has 2 amide bonds. The third-order valence-corrected chi connectivity index (χ3v) is 5.66. The van der Waals surface area contributed by atoms with Gasteiger partial charge in [0.2, 0.25) is 0 Å². The fourth-order valence-electron chi connectivity index (χ4n) is 2.82. The third kappa shape index (κ3) is 5.22. The molecule has 1 aromatic heterocycles. The van der Waals surface area contributed by atoms with Gasteiger partial charge < -0.3 is 15.6 Å². The van der Waals surface area contributed by atoms with Gasteiger partial charge in [-0.15, -0.1) is 11.8 Å². The van der Waals surface area contributed by atoms with E-state index in [0.29, 0.717) is 28.3 Å². The number of aromatic nitrogens is 2. The molecular weight excluding hydrogens is 439 g/mol. The zero-order chi connectivity index (χ0) is 21.8. The molecule has 1 heterocycles. The Kier molecular flexibility index (Phi) is 6.20. The molecule has 6 nitrogen and oxygen atoms in total. The molecule has 31 heavy (non-hydrogen) atoms. The second-order valence-corrected chi connectivity index (χ2v) is 8.01. The maximum absolute atomic E-state index is 13.5. The molecule has 0 fully saturated rings. The van der Waals surface area contributed by atoms with E-state index in [9.17, 15) is 14.0 Å². The number of benzene rings is 3. The van der Waals surface area contributed by atoms with Crippen molar-refractivity contribution in [2.24, 2.45) is 0 Å². The number of anilines is 2. The topological polar surface area (TPSA) is 86.9 Å². The van der Waals surface area contributed by atoms with Gasteiger partial charge in [0.15, 0.2) is 0 Å². The van der Waals surface area contributed by atoms with Crippen LogP contribution in [0.5, 0.6) is 0 Å². The minimum Gasteiger partial charge on any atom is -0.319 e. The molecule has 0 saturated carbocycles. The summed E-state index contributed by atoms with van der Waals surface area (Å²) in [4.78, 5) is 32.5. The Bertz CT molecular complexity index is 1310. The first kappa shape index (κ1) is 20.9. The van der Waals surface area contributed by atoms with Crippen LogP contribution >= 0.6 is 23.4 Å². The fourth-order valence-corrected chi connectivity index (χ4v) is 3.76. The van der Waals surface area contributed by atoms with Crippen molar-refractivity contribution in [1.29, 1.82) is 0 Å². The average molecular weight is 455 g/mol. The van der Waals surface area contributed by atoms with E-state index >= 15 is 0 Å². The Labute approximate surface area is 185 Å².